The molecule has 1 aromatic rings. The van der Waals surface area contributed by atoms with Gasteiger partial charge in [0.1, 0.15) is 12.1 Å². The first kappa shape index (κ1) is 15.4. The van der Waals surface area contributed by atoms with Crippen molar-refractivity contribution in [3.8, 4) is 0 Å². The lowest BCUT2D eigenvalue weighted by Gasteiger charge is -2.37. The van der Waals surface area contributed by atoms with Gasteiger partial charge in [-0.25, -0.2) is 0 Å². The Labute approximate surface area is 125 Å². The molecule has 0 saturated carbocycles. The second-order valence-electron chi connectivity index (χ2n) is 5.75. The smallest absolute Gasteiger partial charge is 0.252 e. The molecule has 1 aromatic carbocycles. The van der Waals surface area contributed by atoms with Gasteiger partial charge in [-0.1, -0.05) is 0 Å². The molecule has 2 amide bonds. The zero-order valence-electron chi connectivity index (χ0n) is 13.1. The highest BCUT2D eigenvalue weighted by Gasteiger charge is 2.39. The summed E-state index contributed by atoms with van der Waals surface area (Å²) in [6, 6.07) is 7.80. The van der Waals surface area contributed by atoms with Crippen molar-refractivity contribution in [2.45, 2.75) is 33.2 Å². The van der Waals surface area contributed by atoms with Crippen molar-refractivity contribution in [1.82, 2.24) is 5.32 Å². The third-order valence-electron chi connectivity index (χ3n) is 3.82. The number of carbonyl (C=O) groups excluding carboxylic acids is 2. The number of hydrogen-bond donors (Lipinski definition) is 1. The van der Waals surface area contributed by atoms with E-state index in [9.17, 15) is 9.59 Å². The number of nitrogens with zero attached hydrogens (tertiary/aromatic N) is 2. The summed E-state index contributed by atoms with van der Waals surface area (Å²) >= 11 is 0. The topological polar surface area (TPSA) is 52.6 Å². The zero-order chi connectivity index (χ0) is 15.6. The standard InChI is InChI=1S/C16H23N3O2/c1-5-18(6-2)12-7-9-13(10-8-12)19-11-14(20)17-16(3,4)15(19)21/h7-10H,5-6,11H2,1-4H3,(H,17,20). The summed E-state index contributed by atoms with van der Waals surface area (Å²) in [6.45, 7) is 9.62. The van der Waals surface area contributed by atoms with Crippen LogP contribution in [0.1, 0.15) is 27.7 Å². The van der Waals surface area contributed by atoms with Crippen LogP contribution in [0, 0.1) is 0 Å². The molecule has 0 spiro atoms. The number of piperazine rings is 1. The Balaban J connectivity index is 2.25. The Kier molecular flexibility index (Phi) is 4.21. The maximum atomic E-state index is 12.4. The molecule has 1 saturated heterocycles. The summed E-state index contributed by atoms with van der Waals surface area (Å²) < 4.78 is 0. The van der Waals surface area contributed by atoms with Gasteiger partial charge in [0.05, 0.1) is 0 Å². The van der Waals surface area contributed by atoms with Gasteiger partial charge < -0.3 is 15.1 Å². The normalized spacial score (nSPS) is 17.6. The van der Waals surface area contributed by atoms with Gasteiger partial charge in [0, 0.05) is 24.5 Å². The van der Waals surface area contributed by atoms with Crippen LogP contribution in [-0.4, -0.2) is 37.0 Å². The first-order chi connectivity index (χ1) is 9.89. The van der Waals surface area contributed by atoms with E-state index in [-0.39, 0.29) is 18.4 Å². The first-order valence-corrected chi connectivity index (χ1v) is 7.37. The maximum Gasteiger partial charge on any atom is 0.252 e. The van der Waals surface area contributed by atoms with E-state index in [1.807, 2.05) is 24.3 Å². The molecule has 1 heterocycles. The molecule has 1 N–H and O–H groups in total. The molecule has 2 rings (SSSR count). The first-order valence-electron chi connectivity index (χ1n) is 7.37. The fraction of sp³-hybridized carbons (Fsp3) is 0.500. The highest BCUT2D eigenvalue weighted by Crippen LogP contribution is 2.24. The lowest BCUT2D eigenvalue weighted by molar-refractivity contribution is -0.134. The average Bonchev–Trinajstić information content (AvgIpc) is 2.44. The van der Waals surface area contributed by atoms with Crippen molar-refractivity contribution in [2.75, 3.05) is 29.4 Å². The second-order valence-corrected chi connectivity index (χ2v) is 5.75. The minimum Gasteiger partial charge on any atom is -0.372 e. The number of nitrogens with one attached hydrogen (secondary N) is 1. The Morgan fingerprint density at radius 2 is 1.71 bits per heavy atom. The van der Waals surface area contributed by atoms with E-state index < -0.39 is 5.54 Å². The van der Waals surface area contributed by atoms with Crippen LogP contribution in [-0.2, 0) is 9.59 Å². The molecule has 114 valence electrons. The van der Waals surface area contributed by atoms with Gasteiger partial charge in [0.15, 0.2) is 0 Å². The van der Waals surface area contributed by atoms with Crippen LogP contribution in [0.4, 0.5) is 11.4 Å². The Morgan fingerprint density at radius 3 is 2.24 bits per heavy atom. The maximum absolute atomic E-state index is 12.4. The Morgan fingerprint density at radius 1 is 1.14 bits per heavy atom. The molecule has 5 heteroatoms. The minimum atomic E-state index is -0.854. The SMILES string of the molecule is CCN(CC)c1ccc(N2CC(=O)NC(C)(C)C2=O)cc1. The van der Waals surface area contributed by atoms with Gasteiger partial charge in [-0.05, 0) is 52.0 Å². The van der Waals surface area contributed by atoms with Gasteiger partial charge in [-0.2, -0.15) is 0 Å². The molecule has 0 aliphatic carbocycles. The summed E-state index contributed by atoms with van der Waals surface area (Å²) in [4.78, 5) is 28.0. The molecule has 1 aliphatic rings. The van der Waals surface area contributed by atoms with Crippen molar-refractivity contribution in [3.63, 3.8) is 0 Å². The van der Waals surface area contributed by atoms with Crippen molar-refractivity contribution >= 4 is 23.2 Å². The van der Waals surface area contributed by atoms with Crippen LogP contribution >= 0.6 is 0 Å². The van der Waals surface area contributed by atoms with E-state index in [0.717, 1.165) is 24.5 Å². The van der Waals surface area contributed by atoms with Crippen molar-refractivity contribution in [1.29, 1.82) is 0 Å². The zero-order valence-corrected chi connectivity index (χ0v) is 13.1. The van der Waals surface area contributed by atoms with E-state index in [1.165, 1.54) is 0 Å². The van der Waals surface area contributed by atoms with E-state index in [2.05, 4.69) is 24.1 Å². The second kappa shape index (κ2) is 5.76. The summed E-state index contributed by atoms with van der Waals surface area (Å²) in [7, 11) is 0. The summed E-state index contributed by atoms with van der Waals surface area (Å²) in [5.41, 5.74) is 1.03. The van der Waals surface area contributed by atoms with Crippen molar-refractivity contribution in [2.24, 2.45) is 0 Å². The Hall–Kier alpha value is -2.04. The number of hydrogen-bond acceptors (Lipinski definition) is 3. The summed E-state index contributed by atoms with van der Waals surface area (Å²) in [6.07, 6.45) is 0. The molecule has 5 nitrogen and oxygen atoms in total. The van der Waals surface area contributed by atoms with Crippen LogP contribution < -0.4 is 15.1 Å². The lowest BCUT2D eigenvalue weighted by Crippen LogP contribution is -2.64. The molecule has 1 aliphatic heterocycles. The van der Waals surface area contributed by atoms with Crippen LogP contribution in [0.2, 0.25) is 0 Å². The molecule has 21 heavy (non-hydrogen) atoms. The average molecular weight is 289 g/mol. The van der Waals surface area contributed by atoms with E-state index >= 15 is 0 Å². The molecule has 0 unspecified atom stereocenters. The minimum absolute atomic E-state index is 0.0763. The van der Waals surface area contributed by atoms with Crippen LogP contribution in [0.3, 0.4) is 0 Å². The summed E-state index contributed by atoms with van der Waals surface area (Å²) in [5.74, 6) is -0.217. The summed E-state index contributed by atoms with van der Waals surface area (Å²) in [5, 5.41) is 2.71. The van der Waals surface area contributed by atoms with Crippen LogP contribution in [0.25, 0.3) is 0 Å². The van der Waals surface area contributed by atoms with Gasteiger partial charge in [-0.3, -0.25) is 9.59 Å². The monoisotopic (exact) mass is 289 g/mol. The number of anilines is 2. The molecule has 0 radical (unpaired) electrons. The molecule has 0 atom stereocenters. The van der Waals surface area contributed by atoms with Crippen LogP contribution in [0.5, 0.6) is 0 Å². The third kappa shape index (κ3) is 3.01. The van der Waals surface area contributed by atoms with E-state index in [0.29, 0.717) is 0 Å². The predicted octanol–water partition coefficient (Wildman–Crippen LogP) is 1.77. The Bertz CT molecular complexity index is 533. The number of rotatable bonds is 4. The number of amides is 2. The molecule has 1 fully saturated rings. The van der Waals surface area contributed by atoms with Gasteiger partial charge in [-0.15, -0.1) is 0 Å². The lowest BCUT2D eigenvalue weighted by atomic mass is 10.00. The van der Waals surface area contributed by atoms with E-state index in [4.69, 9.17) is 0 Å². The van der Waals surface area contributed by atoms with Crippen molar-refractivity contribution < 1.29 is 9.59 Å². The van der Waals surface area contributed by atoms with Gasteiger partial charge in [0.2, 0.25) is 5.91 Å². The molecular formula is C16H23N3O2. The highest BCUT2D eigenvalue weighted by atomic mass is 16.2. The third-order valence-corrected chi connectivity index (χ3v) is 3.82. The largest absolute Gasteiger partial charge is 0.372 e. The number of benzene rings is 1. The van der Waals surface area contributed by atoms with E-state index in [1.54, 1.807) is 18.7 Å². The molecule has 0 aromatic heterocycles. The van der Waals surface area contributed by atoms with Gasteiger partial charge in [0.25, 0.3) is 5.91 Å². The van der Waals surface area contributed by atoms with Gasteiger partial charge >= 0.3 is 0 Å². The fourth-order valence-electron chi connectivity index (χ4n) is 2.64. The van der Waals surface area contributed by atoms with Crippen LogP contribution in [0.15, 0.2) is 24.3 Å². The molecular weight excluding hydrogens is 266 g/mol. The quantitative estimate of drug-likeness (QED) is 0.919. The predicted molar refractivity (Wildman–Crippen MR) is 84.6 cm³/mol. The number of carbonyl (C=O) groups is 2. The fourth-order valence-corrected chi connectivity index (χ4v) is 2.64. The highest BCUT2D eigenvalue weighted by molar-refractivity contribution is 6.08. The molecule has 0 bridgehead atoms. The van der Waals surface area contributed by atoms with Crippen molar-refractivity contribution in [3.05, 3.63) is 24.3 Å².